The Bertz CT molecular complexity index is 118. The van der Waals surface area contributed by atoms with Gasteiger partial charge in [0.1, 0.15) is 0 Å². The van der Waals surface area contributed by atoms with E-state index in [0.717, 1.165) is 10.5 Å². The van der Waals surface area contributed by atoms with Crippen LogP contribution in [0.3, 0.4) is 0 Å². The fraction of sp³-hybridized carbons (Fsp3) is 1.00. The molecule has 0 aliphatic heterocycles. The van der Waals surface area contributed by atoms with Crippen LogP contribution in [0.4, 0.5) is 0 Å². The summed E-state index contributed by atoms with van der Waals surface area (Å²) in [7, 11) is 0. The van der Waals surface area contributed by atoms with Crippen molar-refractivity contribution in [1.29, 1.82) is 0 Å². The van der Waals surface area contributed by atoms with Crippen LogP contribution in [0.15, 0.2) is 0 Å². The van der Waals surface area contributed by atoms with E-state index in [0.29, 0.717) is 2.75 Å². The Balaban J connectivity index is 2.50. The van der Waals surface area contributed by atoms with Crippen molar-refractivity contribution in [2.45, 2.75) is 13.3 Å². The Kier molecular flexibility index (Phi) is 3.61. The zero-order chi connectivity index (χ0) is 7.78. The van der Waals surface area contributed by atoms with Crippen LogP contribution in [0.5, 0.6) is 0 Å². The standard InChI is InChI=1S/C6H11IS3/c1-8-4-5(9-2)6(4,7)10-3/h4-5H,1-3H3. The monoisotopic (exact) mass is 306 g/mol. The van der Waals surface area contributed by atoms with Gasteiger partial charge in [-0.3, -0.25) is 0 Å². The third-order valence-electron chi connectivity index (χ3n) is 1.76. The van der Waals surface area contributed by atoms with Crippen LogP contribution in [0.2, 0.25) is 0 Å². The molecule has 2 atom stereocenters. The molecule has 0 nitrogen and oxygen atoms in total. The first-order chi connectivity index (χ1) is 4.70. The van der Waals surface area contributed by atoms with Crippen LogP contribution in [0, 0.1) is 0 Å². The van der Waals surface area contributed by atoms with E-state index in [4.69, 9.17) is 0 Å². The number of alkyl halides is 1. The van der Waals surface area contributed by atoms with E-state index >= 15 is 0 Å². The molecule has 0 heterocycles. The number of rotatable bonds is 3. The lowest BCUT2D eigenvalue weighted by Gasteiger charge is -2.01. The van der Waals surface area contributed by atoms with Gasteiger partial charge in [-0.05, 0) is 18.8 Å². The molecule has 1 aliphatic carbocycles. The minimum atomic E-state index is 0.538. The molecule has 0 N–H and O–H groups in total. The number of thioether (sulfide) groups is 3. The van der Waals surface area contributed by atoms with E-state index in [1.54, 1.807) is 0 Å². The van der Waals surface area contributed by atoms with Gasteiger partial charge < -0.3 is 0 Å². The van der Waals surface area contributed by atoms with Crippen LogP contribution in [0.1, 0.15) is 0 Å². The first-order valence-electron chi connectivity index (χ1n) is 3.00. The summed E-state index contributed by atoms with van der Waals surface area (Å²) in [5, 5.41) is 1.75. The molecular weight excluding hydrogens is 295 g/mol. The maximum absolute atomic E-state index is 2.60. The Labute approximate surface area is 89.2 Å². The van der Waals surface area contributed by atoms with Crippen LogP contribution in [-0.2, 0) is 0 Å². The second kappa shape index (κ2) is 3.66. The van der Waals surface area contributed by atoms with Gasteiger partial charge in [0.2, 0.25) is 0 Å². The molecule has 1 aliphatic rings. The second-order valence-electron chi connectivity index (χ2n) is 2.21. The van der Waals surface area contributed by atoms with Gasteiger partial charge in [-0.15, -0.1) is 11.8 Å². The smallest absolute Gasteiger partial charge is 0.0928 e. The van der Waals surface area contributed by atoms with Crippen LogP contribution >= 0.6 is 57.9 Å². The molecule has 10 heavy (non-hydrogen) atoms. The highest BCUT2D eigenvalue weighted by atomic mass is 127. The molecule has 0 aromatic carbocycles. The molecule has 0 radical (unpaired) electrons. The molecule has 0 saturated heterocycles. The molecule has 0 amide bonds. The second-order valence-corrected chi connectivity index (χ2v) is 7.77. The lowest BCUT2D eigenvalue weighted by molar-refractivity contribution is 1.49. The van der Waals surface area contributed by atoms with Crippen molar-refractivity contribution in [3.05, 3.63) is 0 Å². The molecule has 0 spiro atoms. The molecule has 0 aromatic rings. The average Bonchev–Trinajstić information content (AvgIpc) is 2.56. The van der Waals surface area contributed by atoms with Gasteiger partial charge in [0, 0.05) is 10.5 Å². The maximum atomic E-state index is 2.60. The summed E-state index contributed by atoms with van der Waals surface area (Å²) >= 11 is 8.61. The third-order valence-corrected chi connectivity index (χ3v) is 9.18. The molecule has 1 rings (SSSR count). The molecule has 1 fully saturated rings. The summed E-state index contributed by atoms with van der Waals surface area (Å²) in [5.41, 5.74) is 0. The lowest BCUT2D eigenvalue weighted by Crippen LogP contribution is -1.94. The molecule has 1 saturated carbocycles. The number of hydrogen-bond acceptors (Lipinski definition) is 3. The number of halogens is 1. The summed E-state index contributed by atoms with van der Waals surface area (Å²) < 4.78 is 0.538. The van der Waals surface area contributed by atoms with Gasteiger partial charge in [-0.25, -0.2) is 0 Å². The Morgan fingerprint density at radius 3 is 1.60 bits per heavy atom. The van der Waals surface area contributed by atoms with E-state index in [2.05, 4.69) is 41.4 Å². The fourth-order valence-electron chi connectivity index (χ4n) is 1.08. The first-order valence-corrected chi connectivity index (χ1v) is 7.88. The van der Waals surface area contributed by atoms with Crippen molar-refractivity contribution in [2.24, 2.45) is 0 Å². The van der Waals surface area contributed by atoms with Crippen LogP contribution < -0.4 is 0 Å². The molecule has 0 aromatic heterocycles. The Morgan fingerprint density at radius 1 is 1.10 bits per heavy atom. The SMILES string of the molecule is CSC1C(SC)C1(I)SC. The molecule has 0 bridgehead atoms. The van der Waals surface area contributed by atoms with Crippen molar-refractivity contribution >= 4 is 57.9 Å². The average molecular weight is 306 g/mol. The summed E-state index contributed by atoms with van der Waals surface area (Å²) in [6.07, 6.45) is 6.64. The van der Waals surface area contributed by atoms with Crippen molar-refractivity contribution in [3.63, 3.8) is 0 Å². The minimum Gasteiger partial charge on any atom is -0.158 e. The van der Waals surface area contributed by atoms with Gasteiger partial charge in [-0.1, -0.05) is 22.6 Å². The minimum absolute atomic E-state index is 0.538. The number of hydrogen-bond donors (Lipinski definition) is 0. The van der Waals surface area contributed by atoms with Crippen LogP contribution in [0.25, 0.3) is 0 Å². The van der Waals surface area contributed by atoms with Gasteiger partial charge in [0.15, 0.2) is 0 Å². The van der Waals surface area contributed by atoms with E-state index < -0.39 is 0 Å². The van der Waals surface area contributed by atoms with E-state index in [1.165, 1.54) is 0 Å². The lowest BCUT2D eigenvalue weighted by atomic mass is 11.0. The van der Waals surface area contributed by atoms with E-state index in [1.807, 2.05) is 35.3 Å². The third kappa shape index (κ3) is 1.45. The van der Waals surface area contributed by atoms with Crippen molar-refractivity contribution in [3.8, 4) is 0 Å². The van der Waals surface area contributed by atoms with Crippen molar-refractivity contribution in [1.82, 2.24) is 0 Å². The maximum Gasteiger partial charge on any atom is 0.0928 e. The van der Waals surface area contributed by atoms with Crippen molar-refractivity contribution < 1.29 is 0 Å². The quantitative estimate of drug-likeness (QED) is 0.581. The highest BCUT2D eigenvalue weighted by Crippen LogP contribution is 2.63. The first kappa shape index (κ1) is 9.86. The predicted molar refractivity (Wildman–Crippen MR) is 64.9 cm³/mol. The van der Waals surface area contributed by atoms with Gasteiger partial charge in [-0.2, -0.15) is 23.5 Å². The Morgan fingerprint density at radius 2 is 1.50 bits per heavy atom. The van der Waals surface area contributed by atoms with Gasteiger partial charge in [0.05, 0.1) is 2.75 Å². The zero-order valence-corrected chi connectivity index (χ0v) is 10.9. The Hall–Kier alpha value is 1.78. The van der Waals surface area contributed by atoms with E-state index in [-0.39, 0.29) is 0 Å². The molecule has 2 unspecified atom stereocenters. The summed E-state index contributed by atoms with van der Waals surface area (Å²) in [6, 6.07) is 0. The predicted octanol–water partition coefficient (Wildman–Crippen LogP) is 2.96. The van der Waals surface area contributed by atoms with Gasteiger partial charge >= 0.3 is 0 Å². The highest BCUT2D eigenvalue weighted by molar-refractivity contribution is 14.1. The summed E-state index contributed by atoms with van der Waals surface area (Å²) in [6.45, 7) is 0. The summed E-state index contributed by atoms with van der Waals surface area (Å²) in [5.74, 6) is 0. The topological polar surface area (TPSA) is 0 Å². The van der Waals surface area contributed by atoms with Gasteiger partial charge in [0.25, 0.3) is 0 Å². The normalized spacial score (nSPS) is 45.6. The molecule has 60 valence electrons. The van der Waals surface area contributed by atoms with Crippen molar-refractivity contribution in [2.75, 3.05) is 18.8 Å². The van der Waals surface area contributed by atoms with E-state index in [9.17, 15) is 0 Å². The molecular formula is C6H11IS3. The fourth-order valence-corrected chi connectivity index (χ4v) is 8.08. The summed E-state index contributed by atoms with van der Waals surface area (Å²) in [4.78, 5) is 0. The largest absolute Gasteiger partial charge is 0.158 e. The zero-order valence-electron chi connectivity index (χ0n) is 6.26. The molecule has 4 heteroatoms. The van der Waals surface area contributed by atoms with Crippen LogP contribution in [-0.4, -0.2) is 32.0 Å². The highest BCUT2D eigenvalue weighted by Gasteiger charge is 2.62.